The number of aromatic nitrogens is 1. The molecule has 0 bridgehead atoms. The minimum Gasteiger partial charge on any atom is -0.478 e. The average molecular weight is 239 g/mol. The number of rotatable bonds is 6. The summed E-state index contributed by atoms with van der Waals surface area (Å²) in [4.78, 5) is 15.6. The number of pyridine rings is 1. The maximum absolute atomic E-state index is 11.6. The second kappa shape index (κ2) is 6.82. The van der Waals surface area contributed by atoms with Crippen LogP contribution in [0.15, 0.2) is 18.3 Å². The summed E-state index contributed by atoms with van der Waals surface area (Å²) in [6.07, 6.45) is 0.869. The highest BCUT2D eigenvalue weighted by Gasteiger charge is 2.15. The molecule has 1 amide bonds. The number of amides is 1. The van der Waals surface area contributed by atoms with E-state index in [1.807, 2.05) is 6.92 Å². The fourth-order valence-corrected chi connectivity index (χ4v) is 1.22. The molecule has 1 heterocycles. The maximum atomic E-state index is 11.6. The minimum absolute atomic E-state index is 0.132. The van der Waals surface area contributed by atoms with Crippen LogP contribution < -0.4 is 15.8 Å². The lowest BCUT2D eigenvalue weighted by Crippen LogP contribution is -2.35. The van der Waals surface area contributed by atoms with Crippen molar-refractivity contribution in [2.45, 2.75) is 13.0 Å². The van der Waals surface area contributed by atoms with Gasteiger partial charge in [0.2, 0.25) is 5.88 Å². The van der Waals surface area contributed by atoms with Crippen molar-refractivity contribution in [3.63, 3.8) is 0 Å². The van der Waals surface area contributed by atoms with Gasteiger partial charge in [0.25, 0.3) is 5.91 Å². The Labute approximate surface area is 100 Å². The number of nitrogens with zero attached hydrogens (tertiary/aromatic N) is 1. The van der Waals surface area contributed by atoms with Crippen molar-refractivity contribution in [1.29, 1.82) is 0 Å². The highest BCUT2D eigenvalue weighted by atomic mass is 16.5. The van der Waals surface area contributed by atoms with Crippen molar-refractivity contribution in [3.8, 4) is 5.88 Å². The first-order valence-corrected chi connectivity index (χ1v) is 5.33. The molecular formula is C11H17N3O3. The van der Waals surface area contributed by atoms with E-state index in [2.05, 4.69) is 10.3 Å². The summed E-state index contributed by atoms with van der Waals surface area (Å²) in [5.74, 6) is 0.230. The van der Waals surface area contributed by atoms with Crippen molar-refractivity contribution in [2.75, 3.05) is 25.6 Å². The zero-order chi connectivity index (χ0) is 12.7. The van der Waals surface area contributed by atoms with Crippen LogP contribution in [-0.2, 0) is 9.53 Å². The Morgan fingerprint density at radius 3 is 2.82 bits per heavy atom. The van der Waals surface area contributed by atoms with Crippen LogP contribution in [0.4, 0.5) is 5.69 Å². The predicted molar refractivity (Wildman–Crippen MR) is 63.9 cm³/mol. The van der Waals surface area contributed by atoms with Gasteiger partial charge in [0.05, 0.1) is 18.5 Å². The van der Waals surface area contributed by atoms with Crippen LogP contribution in [0.3, 0.4) is 0 Å². The number of nitrogens with two attached hydrogens (primary N) is 1. The molecule has 1 unspecified atom stereocenters. The number of carbonyl (C=O) groups is 1. The molecule has 3 N–H and O–H groups in total. The van der Waals surface area contributed by atoms with E-state index >= 15 is 0 Å². The molecule has 0 radical (unpaired) electrons. The summed E-state index contributed by atoms with van der Waals surface area (Å²) < 4.78 is 10.1. The molecule has 94 valence electrons. The standard InChI is InChI=1S/C11H17N3O3/c1-3-17-10-5-4-8(7-13-10)14-11(15)9(6-12)16-2/h4-5,7,9H,3,6,12H2,1-2H3,(H,14,15). The summed E-state index contributed by atoms with van der Waals surface area (Å²) in [6.45, 7) is 2.56. The Bertz CT molecular complexity index is 349. The van der Waals surface area contributed by atoms with Crippen LogP contribution in [0.1, 0.15) is 6.92 Å². The van der Waals surface area contributed by atoms with E-state index in [1.165, 1.54) is 13.3 Å². The highest BCUT2D eigenvalue weighted by Crippen LogP contribution is 2.11. The lowest BCUT2D eigenvalue weighted by Gasteiger charge is -2.12. The molecule has 6 heteroatoms. The molecule has 0 aliphatic carbocycles. The summed E-state index contributed by atoms with van der Waals surface area (Å²) >= 11 is 0. The summed E-state index contributed by atoms with van der Waals surface area (Å²) in [7, 11) is 1.44. The van der Waals surface area contributed by atoms with Crippen LogP contribution in [-0.4, -0.2) is 37.3 Å². The number of methoxy groups -OCH3 is 1. The van der Waals surface area contributed by atoms with Crippen LogP contribution in [0.5, 0.6) is 5.88 Å². The second-order valence-electron chi connectivity index (χ2n) is 3.27. The number of ether oxygens (including phenoxy) is 2. The predicted octanol–water partition coefficient (Wildman–Crippen LogP) is 0.392. The number of nitrogens with one attached hydrogen (secondary N) is 1. The van der Waals surface area contributed by atoms with Crippen LogP contribution in [0.25, 0.3) is 0 Å². The fourth-order valence-electron chi connectivity index (χ4n) is 1.22. The minimum atomic E-state index is -0.651. The van der Waals surface area contributed by atoms with E-state index in [0.29, 0.717) is 18.2 Å². The smallest absolute Gasteiger partial charge is 0.254 e. The molecule has 17 heavy (non-hydrogen) atoms. The Balaban J connectivity index is 2.59. The van der Waals surface area contributed by atoms with E-state index in [9.17, 15) is 4.79 Å². The highest BCUT2D eigenvalue weighted by molar-refractivity contribution is 5.94. The summed E-state index contributed by atoms with van der Waals surface area (Å²) in [5.41, 5.74) is 5.96. The van der Waals surface area contributed by atoms with Gasteiger partial charge in [0, 0.05) is 19.7 Å². The largest absolute Gasteiger partial charge is 0.478 e. The van der Waals surface area contributed by atoms with E-state index in [0.717, 1.165) is 0 Å². The van der Waals surface area contributed by atoms with Gasteiger partial charge in [0.1, 0.15) is 6.10 Å². The van der Waals surface area contributed by atoms with Crippen LogP contribution >= 0.6 is 0 Å². The van der Waals surface area contributed by atoms with Crippen molar-refractivity contribution in [2.24, 2.45) is 5.73 Å². The van der Waals surface area contributed by atoms with Crippen molar-refractivity contribution < 1.29 is 14.3 Å². The Hall–Kier alpha value is -1.66. The van der Waals surface area contributed by atoms with Gasteiger partial charge >= 0.3 is 0 Å². The summed E-state index contributed by atoms with van der Waals surface area (Å²) in [5, 5.41) is 2.65. The van der Waals surface area contributed by atoms with Gasteiger partial charge < -0.3 is 20.5 Å². The van der Waals surface area contributed by atoms with Gasteiger partial charge in [-0.25, -0.2) is 4.98 Å². The monoisotopic (exact) mass is 239 g/mol. The first kappa shape index (κ1) is 13.4. The Morgan fingerprint density at radius 2 is 2.35 bits per heavy atom. The first-order valence-electron chi connectivity index (χ1n) is 5.33. The first-order chi connectivity index (χ1) is 8.21. The Morgan fingerprint density at radius 1 is 1.59 bits per heavy atom. The van der Waals surface area contributed by atoms with Gasteiger partial charge in [0.15, 0.2) is 0 Å². The van der Waals surface area contributed by atoms with E-state index < -0.39 is 6.10 Å². The molecule has 0 aliphatic heterocycles. The molecule has 0 saturated heterocycles. The third-order valence-electron chi connectivity index (χ3n) is 2.09. The molecule has 0 saturated carbocycles. The quantitative estimate of drug-likeness (QED) is 0.750. The molecule has 1 atom stereocenters. The van der Waals surface area contributed by atoms with E-state index in [4.69, 9.17) is 15.2 Å². The lowest BCUT2D eigenvalue weighted by molar-refractivity contribution is -0.125. The maximum Gasteiger partial charge on any atom is 0.254 e. The number of carbonyl (C=O) groups excluding carboxylic acids is 1. The third kappa shape index (κ3) is 4.01. The van der Waals surface area contributed by atoms with Gasteiger partial charge in [-0.15, -0.1) is 0 Å². The molecule has 0 fully saturated rings. The van der Waals surface area contributed by atoms with Gasteiger partial charge in [-0.1, -0.05) is 0 Å². The topological polar surface area (TPSA) is 86.5 Å². The lowest BCUT2D eigenvalue weighted by atomic mass is 10.3. The van der Waals surface area contributed by atoms with Crippen LogP contribution in [0, 0.1) is 0 Å². The SMILES string of the molecule is CCOc1ccc(NC(=O)C(CN)OC)cn1. The van der Waals surface area contributed by atoms with Crippen LogP contribution in [0.2, 0.25) is 0 Å². The Kier molecular flexibility index (Phi) is 5.38. The fraction of sp³-hybridized carbons (Fsp3) is 0.455. The third-order valence-corrected chi connectivity index (χ3v) is 2.09. The molecule has 1 rings (SSSR count). The van der Waals surface area contributed by atoms with Crippen molar-refractivity contribution in [3.05, 3.63) is 18.3 Å². The number of hydrogen-bond acceptors (Lipinski definition) is 5. The normalized spacial score (nSPS) is 11.9. The van der Waals surface area contributed by atoms with E-state index in [-0.39, 0.29) is 12.5 Å². The average Bonchev–Trinajstić information content (AvgIpc) is 2.33. The molecule has 0 aliphatic rings. The second-order valence-corrected chi connectivity index (χ2v) is 3.27. The summed E-state index contributed by atoms with van der Waals surface area (Å²) in [6, 6.07) is 3.39. The number of hydrogen-bond donors (Lipinski definition) is 2. The zero-order valence-electron chi connectivity index (χ0n) is 9.97. The van der Waals surface area contributed by atoms with Crippen molar-refractivity contribution >= 4 is 11.6 Å². The molecular weight excluding hydrogens is 222 g/mol. The zero-order valence-corrected chi connectivity index (χ0v) is 9.97. The van der Waals surface area contributed by atoms with Gasteiger partial charge in [-0.2, -0.15) is 0 Å². The van der Waals surface area contributed by atoms with Gasteiger partial charge in [-0.05, 0) is 13.0 Å². The van der Waals surface area contributed by atoms with Gasteiger partial charge in [-0.3, -0.25) is 4.79 Å². The molecule has 0 spiro atoms. The molecule has 1 aromatic heterocycles. The van der Waals surface area contributed by atoms with Crippen molar-refractivity contribution in [1.82, 2.24) is 4.98 Å². The molecule has 1 aromatic rings. The van der Waals surface area contributed by atoms with E-state index in [1.54, 1.807) is 12.1 Å². The molecule has 6 nitrogen and oxygen atoms in total. The number of anilines is 1. The molecule has 0 aromatic carbocycles.